The number of hydrogen-bond acceptors (Lipinski definition) is 6. The molecule has 8 nitrogen and oxygen atoms in total. The van der Waals surface area contributed by atoms with Crippen molar-refractivity contribution >= 4 is 22.9 Å². The summed E-state index contributed by atoms with van der Waals surface area (Å²) >= 11 is 0. The van der Waals surface area contributed by atoms with Crippen molar-refractivity contribution in [3.8, 4) is 11.8 Å². The maximum atomic E-state index is 12.7. The van der Waals surface area contributed by atoms with Crippen molar-refractivity contribution in [1.82, 2.24) is 19.4 Å². The lowest BCUT2D eigenvalue weighted by atomic mass is 9.98. The fourth-order valence-electron chi connectivity index (χ4n) is 4.86. The molecule has 1 aromatic carbocycles. The summed E-state index contributed by atoms with van der Waals surface area (Å²) in [5, 5.41) is 10.5. The van der Waals surface area contributed by atoms with Gasteiger partial charge in [-0.2, -0.15) is 5.26 Å². The molecule has 0 bridgehead atoms. The number of ether oxygens (including phenoxy) is 1. The normalized spacial score (nSPS) is 19.5. The van der Waals surface area contributed by atoms with Gasteiger partial charge in [-0.3, -0.25) is 0 Å². The third kappa shape index (κ3) is 4.31. The molecule has 2 aromatic heterocycles. The van der Waals surface area contributed by atoms with Gasteiger partial charge in [0.05, 0.1) is 17.0 Å². The Bertz CT molecular complexity index is 1330. The van der Waals surface area contributed by atoms with E-state index in [4.69, 9.17) is 14.7 Å². The van der Waals surface area contributed by atoms with Crippen LogP contribution in [0.5, 0.6) is 0 Å². The fraction of sp³-hybridized carbons (Fsp3) is 0.481. The highest BCUT2D eigenvalue weighted by molar-refractivity contribution is 5.94. The number of anilines is 1. The molecule has 182 valence electrons. The van der Waals surface area contributed by atoms with Gasteiger partial charge in [-0.25, -0.2) is 14.8 Å². The molecule has 3 heterocycles. The quantitative estimate of drug-likeness (QED) is 0.545. The van der Waals surface area contributed by atoms with Crippen LogP contribution in [-0.2, 0) is 10.2 Å². The Kier molecular flexibility index (Phi) is 5.47. The lowest BCUT2D eigenvalue weighted by molar-refractivity contribution is 0.0218. The molecule has 0 radical (unpaired) electrons. The number of rotatable bonds is 3. The van der Waals surface area contributed by atoms with Crippen LogP contribution in [0.15, 0.2) is 36.8 Å². The van der Waals surface area contributed by atoms with Crippen LogP contribution >= 0.6 is 0 Å². The van der Waals surface area contributed by atoms with Gasteiger partial charge in [0.1, 0.15) is 23.4 Å². The Balaban J connectivity index is 1.54. The second-order valence-electron chi connectivity index (χ2n) is 11.0. The van der Waals surface area contributed by atoms with Crippen LogP contribution in [0, 0.1) is 11.3 Å². The Morgan fingerprint density at radius 3 is 2.66 bits per heavy atom. The SMILES string of the molecule is C[C@H]1CN(C(=O)OC(C)(C)C)CCN1c1ncnc2c1c(C1(C)CC1)cn2-c1cccc(C#N)c1. The molecule has 1 saturated heterocycles. The first-order valence-corrected chi connectivity index (χ1v) is 12.2. The van der Waals surface area contributed by atoms with E-state index in [1.807, 2.05) is 45.0 Å². The van der Waals surface area contributed by atoms with Crippen LogP contribution in [0.4, 0.5) is 10.6 Å². The zero-order valence-electron chi connectivity index (χ0n) is 21.1. The van der Waals surface area contributed by atoms with E-state index in [1.165, 1.54) is 5.56 Å². The summed E-state index contributed by atoms with van der Waals surface area (Å²) in [5.41, 5.74) is 3.19. The smallest absolute Gasteiger partial charge is 0.410 e. The standard InChI is InChI=1S/C27H32N6O2/c1-18-15-31(25(34)35-26(2,3)4)11-12-32(18)23-22-21(27(5)9-10-27)16-33(24(22)30-17-29-23)20-8-6-7-19(13-20)14-28/h6-8,13,16-18H,9-12,15H2,1-5H3/t18-/m0/s1. The molecule has 0 N–H and O–H groups in total. The van der Waals surface area contributed by atoms with Crippen molar-refractivity contribution in [2.45, 2.75) is 64.5 Å². The number of carbonyl (C=O) groups is 1. The number of amides is 1. The number of nitrogens with zero attached hydrogens (tertiary/aromatic N) is 6. The second kappa shape index (κ2) is 8.26. The number of nitriles is 1. The number of benzene rings is 1. The zero-order valence-corrected chi connectivity index (χ0v) is 21.1. The van der Waals surface area contributed by atoms with Crippen molar-refractivity contribution in [3.63, 3.8) is 0 Å². The fourth-order valence-corrected chi connectivity index (χ4v) is 4.86. The predicted molar refractivity (Wildman–Crippen MR) is 135 cm³/mol. The van der Waals surface area contributed by atoms with Crippen LogP contribution in [-0.4, -0.2) is 56.8 Å². The van der Waals surface area contributed by atoms with Gasteiger partial charge in [-0.05, 0) is 69.7 Å². The summed E-state index contributed by atoms with van der Waals surface area (Å²) in [6, 6.07) is 9.91. The number of carbonyl (C=O) groups excluding carboxylic acids is 1. The molecule has 0 spiro atoms. The minimum Gasteiger partial charge on any atom is -0.444 e. The molecule has 8 heteroatoms. The molecule has 3 aromatic rings. The lowest BCUT2D eigenvalue weighted by Crippen LogP contribution is -2.54. The van der Waals surface area contributed by atoms with Crippen LogP contribution in [0.3, 0.4) is 0 Å². The van der Waals surface area contributed by atoms with E-state index in [9.17, 15) is 10.1 Å². The second-order valence-corrected chi connectivity index (χ2v) is 11.0. The first-order valence-electron chi connectivity index (χ1n) is 12.2. The number of piperazine rings is 1. The van der Waals surface area contributed by atoms with Gasteiger partial charge in [-0.15, -0.1) is 0 Å². The molecule has 5 rings (SSSR count). The first kappa shape index (κ1) is 23.2. The number of aromatic nitrogens is 3. The van der Waals surface area contributed by atoms with E-state index >= 15 is 0 Å². The monoisotopic (exact) mass is 472 g/mol. The highest BCUT2D eigenvalue weighted by Gasteiger charge is 2.43. The third-order valence-corrected chi connectivity index (χ3v) is 7.02. The van der Waals surface area contributed by atoms with Gasteiger partial charge in [-0.1, -0.05) is 13.0 Å². The van der Waals surface area contributed by atoms with Gasteiger partial charge in [0.15, 0.2) is 0 Å². The Hall–Kier alpha value is -3.60. The van der Waals surface area contributed by atoms with Gasteiger partial charge < -0.3 is 19.1 Å². The minimum absolute atomic E-state index is 0.0690. The summed E-state index contributed by atoms with van der Waals surface area (Å²) in [6.45, 7) is 11.9. The summed E-state index contributed by atoms with van der Waals surface area (Å²) in [5.74, 6) is 0.907. The largest absolute Gasteiger partial charge is 0.444 e. The number of hydrogen-bond donors (Lipinski definition) is 0. The van der Waals surface area contributed by atoms with Crippen molar-refractivity contribution < 1.29 is 9.53 Å². The predicted octanol–water partition coefficient (Wildman–Crippen LogP) is 4.79. The highest BCUT2D eigenvalue weighted by atomic mass is 16.6. The van der Waals surface area contributed by atoms with Gasteiger partial charge in [0, 0.05) is 37.6 Å². The molecule has 1 atom stereocenters. The van der Waals surface area contributed by atoms with E-state index in [0.717, 1.165) is 35.4 Å². The first-order chi connectivity index (χ1) is 16.6. The molecule has 1 aliphatic carbocycles. The van der Waals surface area contributed by atoms with Crippen molar-refractivity contribution in [1.29, 1.82) is 5.26 Å². The van der Waals surface area contributed by atoms with Crippen molar-refractivity contribution in [3.05, 3.63) is 47.9 Å². The Labute approximate surface area is 206 Å². The third-order valence-electron chi connectivity index (χ3n) is 7.02. The molecule has 2 fully saturated rings. The Morgan fingerprint density at radius 2 is 2.00 bits per heavy atom. The molecule has 1 saturated carbocycles. The van der Waals surface area contributed by atoms with E-state index < -0.39 is 5.60 Å². The lowest BCUT2D eigenvalue weighted by Gasteiger charge is -2.41. The average molecular weight is 473 g/mol. The zero-order chi connectivity index (χ0) is 25.0. The molecular formula is C27H32N6O2. The molecule has 1 aliphatic heterocycles. The van der Waals surface area contributed by atoms with E-state index in [0.29, 0.717) is 25.2 Å². The summed E-state index contributed by atoms with van der Waals surface area (Å²) in [4.78, 5) is 26.2. The molecular weight excluding hydrogens is 440 g/mol. The maximum Gasteiger partial charge on any atom is 0.410 e. The molecule has 2 aliphatic rings. The maximum absolute atomic E-state index is 12.7. The van der Waals surface area contributed by atoms with Crippen LogP contribution in [0.25, 0.3) is 16.7 Å². The molecule has 35 heavy (non-hydrogen) atoms. The number of fused-ring (bicyclic) bond motifs is 1. The molecule has 1 amide bonds. The van der Waals surface area contributed by atoms with E-state index in [-0.39, 0.29) is 17.6 Å². The highest BCUT2D eigenvalue weighted by Crippen LogP contribution is 2.52. The van der Waals surface area contributed by atoms with Gasteiger partial charge in [0.2, 0.25) is 0 Å². The minimum atomic E-state index is -0.517. The van der Waals surface area contributed by atoms with Crippen LogP contribution in [0.1, 0.15) is 58.6 Å². The van der Waals surface area contributed by atoms with Crippen LogP contribution in [0.2, 0.25) is 0 Å². The van der Waals surface area contributed by atoms with Crippen molar-refractivity contribution in [2.24, 2.45) is 0 Å². The average Bonchev–Trinajstić information content (AvgIpc) is 3.43. The van der Waals surface area contributed by atoms with Crippen LogP contribution < -0.4 is 4.90 Å². The summed E-state index contributed by atoms with van der Waals surface area (Å²) in [6.07, 6.45) is 5.77. The van der Waals surface area contributed by atoms with E-state index in [2.05, 4.69) is 35.6 Å². The van der Waals surface area contributed by atoms with E-state index in [1.54, 1.807) is 11.2 Å². The molecule has 0 unspecified atom stereocenters. The van der Waals surface area contributed by atoms with Gasteiger partial charge >= 0.3 is 6.09 Å². The van der Waals surface area contributed by atoms with Crippen molar-refractivity contribution in [2.75, 3.05) is 24.5 Å². The topological polar surface area (TPSA) is 87.3 Å². The summed E-state index contributed by atoms with van der Waals surface area (Å²) < 4.78 is 7.68. The Morgan fingerprint density at radius 1 is 1.23 bits per heavy atom. The van der Waals surface area contributed by atoms with Gasteiger partial charge in [0.25, 0.3) is 0 Å². The summed E-state index contributed by atoms with van der Waals surface area (Å²) in [7, 11) is 0.